The van der Waals surface area contributed by atoms with Gasteiger partial charge < -0.3 is 9.13 Å². The lowest BCUT2D eigenvalue weighted by atomic mass is 9.98. The van der Waals surface area contributed by atoms with E-state index < -0.39 is 0 Å². The standard InChI is InChI=1S/C50H32N2/c1-3-12-33(13-4-1)37-23-22-34-24-26-39(31-38(34)30-37)51-45-20-9-7-17-42(45)49-47(51)28-29-48-50(49)43-18-8-10-21-46(43)52(48)40-27-25-36-16-11-19-41(44(36)32-40)35-14-5-2-6-15-35/h1-32H. The van der Waals surface area contributed by atoms with Crippen LogP contribution in [0.15, 0.2) is 194 Å². The minimum atomic E-state index is 1.16. The SMILES string of the molecule is c1ccc(-c2ccc3ccc(-n4c5ccccc5c5c6c7ccccc7n(-c7ccc8cccc(-c9ccccc9)c8c7)c6ccc54)cc3c2)cc1. The molecule has 0 saturated carbocycles. The first-order valence-electron chi connectivity index (χ1n) is 17.9. The molecule has 0 spiro atoms. The molecule has 11 rings (SSSR count). The van der Waals surface area contributed by atoms with Gasteiger partial charge in [-0.25, -0.2) is 0 Å². The quantitative estimate of drug-likeness (QED) is 0.178. The molecule has 0 radical (unpaired) electrons. The van der Waals surface area contributed by atoms with Crippen LogP contribution < -0.4 is 0 Å². The molecule has 52 heavy (non-hydrogen) atoms. The number of hydrogen-bond acceptors (Lipinski definition) is 0. The highest BCUT2D eigenvalue weighted by Gasteiger charge is 2.21. The maximum atomic E-state index is 2.46. The largest absolute Gasteiger partial charge is 0.309 e. The zero-order chi connectivity index (χ0) is 34.2. The second-order valence-electron chi connectivity index (χ2n) is 13.7. The van der Waals surface area contributed by atoms with E-state index in [-0.39, 0.29) is 0 Å². The molecule has 2 nitrogen and oxygen atoms in total. The molecular weight excluding hydrogens is 629 g/mol. The molecule has 9 aromatic carbocycles. The van der Waals surface area contributed by atoms with Gasteiger partial charge in [0.2, 0.25) is 0 Å². The first-order chi connectivity index (χ1) is 25.8. The van der Waals surface area contributed by atoms with Gasteiger partial charge in [-0.15, -0.1) is 0 Å². The summed E-state index contributed by atoms with van der Waals surface area (Å²) in [7, 11) is 0. The Kier molecular flexibility index (Phi) is 6.28. The maximum Gasteiger partial charge on any atom is 0.0548 e. The molecule has 0 aliphatic rings. The van der Waals surface area contributed by atoms with Crippen LogP contribution in [0.3, 0.4) is 0 Å². The Morgan fingerprint density at radius 3 is 1.50 bits per heavy atom. The normalized spacial score (nSPS) is 11.8. The number of hydrogen-bond donors (Lipinski definition) is 0. The van der Waals surface area contributed by atoms with Crippen LogP contribution in [0.2, 0.25) is 0 Å². The lowest BCUT2D eigenvalue weighted by molar-refractivity contribution is 1.18. The second kappa shape index (κ2) is 11.3. The number of nitrogens with zero attached hydrogens (tertiary/aromatic N) is 2. The Balaban J connectivity index is 1.17. The van der Waals surface area contributed by atoms with Gasteiger partial charge in [0.05, 0.1) is 22.1 Å². The van der Waals surface area contributed by atoms with E-state index in [0.717, 1.165) is 11.4 Å². The fraction of sp³-hybridized carbons (Fsp3) is 0. The van der Waals surface area contributed by atoms with Gasteiger partial charge in [-0.05, 0) is 98.4 Å². The summed E-state index contributed by atoms with van der Waals surface area (Å²) >= 11 is 0. The van der Waals surface area contributed by atoms with E-state index in [2.05, 4.69) is 203 Å². The van der Waals surface area contributed by atoms with Crippen LogP contribution in [0.4, 0.5) is 0 Å². The lowest BCUT2D eigenvalue weighted by Gasteiger charge is -2.13. The predicted molar refractivity (Wildman–Crippen MR) is 221 cm³/mol. The van der Waals surface area contributed by atoms with Gasteiger partial charge in [-0.1, -0.05) is 140 Å². The average molecular weight is 661 g/mol. The number of fused-ring (bicyclic) bond motifs is 9. The molecule has 2 heterocycles. The van der Waals surface area contributed by atoms with Crippen molar-refractivity contribution in [2.75, 3.05) is 0 Å². The van der Waals surface area contributed by atoms with Crippen molar-refractivity contribution in [2.45, 2.75) is 0 Å². The fourth-order valence-corrected chi connectivity index (χ4v) is 8.53. The van der Waals surface area contributed by atoms with E-state index >= 15 is 0 Å². The van der Waals surface area contributed by atoms with Crippen LogP contribution in [0.25, 0.3) is 98.8 Å². The number of para-hydroxylation sites is 2. The summed E-state index contributed by atoms with van der Waals surface area (Å²) in [5.41, 5.74) is 12.1. The van der Waals surface area contributed by atoms with Crippen molar-refractivity contribution in [2.24, 2.45) is 0 Å². The summed E-state index contributed by atoms with van der Waals surface area (Å²) in [6.07, 6.45) is 0. The third kappa shape index (κ3) is 4.31. The average Bonchev–Trinajstić information content (AvgIpc) is 3.73. The number of benzene rings is 9. The van der Waals surface area contributed by atoms with E-state index in [4.69, 9.17) is 0 Å². The molecule has 11 aromatic rings. The number of rotatable bonds is 4. The topological polar surface area (TPSA) is 9.86 Å². The molecule has 0 aliphatic heterocycles. The van der Waals surface area contributed by atoms with Crippen molar-refractivity contribution in [3.63, 3.8) is 0 Å². The molecule has 0 amide bonds. The van der Waals surface area contributed by atoms with Crippen molar-refractivity contribution < 1.29 is 0 Å². The van der Waals surface area contributed by atoms with Gasteiger partial charge in [0, 0.05) is 32.9 Å². The molecule has 0 N–H and O–H groups in total. The van der Waals surface area contributed by atoms with E-state index in [1.165, 1.54) is 87.4 Å². The Bertz CT molecular complexity index is 3160. The molecule has 0 atom stereocenters. The monoisotopic (exact) mass is 660 g/mol. The summed E-state index contributed by atoms with van der Waals surface area (Å²) in [6, 6.07) is 71.0. The van der Waals surface area contributed by atoms with Crippen LogP contribution >= 0.6 is 0 Å². The molecule has 0 saturated heterocycles. The van der Waals surface area contributed by atoms with E-state index in [9.17, 15) is 0 Å². The Morgan fingerprint density at radius 1 is 0.269 bits per heavy atom. The molecular formula is C50H32N2. The smallest absolute Gasteiger partial charge is 0.0548 e. The molecule has 0 unspecified atom stereocenters. The lowest BCUT2D eigenvalue weighted by Crippen LogP contribution is -1.95. The third-order valence-electron chi connectivity index (χ3n) is 10.9. The van der Waals surface area contributed by atoms with Crippen molar-refractivity contribution >= 4 is 65.2 Å². The second-order valence-corrected chi connectivity index (χ2v) is 13.7. The summed E-state index contributed by atoms with van der Waals surface area (Å²) in [6.45, 7) is 0. The maximum absolute atomic E-state index is 2.46. The van der Waals surface area contributed by atoms with Crippen molar-refractivity contribution in [3.8, 4) is 33.6 Å². The van der Waals surface area contributed by atoms with Crippen molar-refractivity contribution in [1.82, 2.24) is 9.13 Å². The predicted octanol–water partition coefficient (Wildman–Crippen LogP) is 13.5. The zero-order valence-corrected chi connectivity index (χ0v) is 28.4. The van der Waals surface area contributed by atoms with Crippen molar-refractivity contribution in [1.29, 1.82) is 0 Å². The van der Waals surface area contributed by atoms with E-state index in [1.807, 2.05) is 0 Å². The molecule has 0 aliphatic carbocycles. The molecule has 242 valence electrons. The summed E-state index contributed by atoms with van der Waals surface area (Å²) < 4.78 is 4.91. The zero-order valence-electron chi connectivity index (χ0n) is 28.4. The Labute approximate surface area is 301 Å². The van der Waals surface area contributed by atoms with Gasteiger partial charge in [0.25, 0.3) is 0 Å². The van der Waals surface area contributed by atoms with Crippen molar-refractivity contribution in [3.05, 3.63) is 194 Å². The minimum Gasteiger partial charge on any atom is -0.309 e. The van der Waals surface area contributed by atoms with Crippen LogP contribution in [-0.4, -0.2) is 9.13 Å². The molecule has 0 bridgehead atoms. The Morgan fingerprint density at radius 2 is 0.827 bits per heavy atom. The molecule has 2 aromatic heterocycles. The highest BCUT2D eigenvalue weighted by atomic mass is 15.0. The van der Waals surface area contributed by atoms with Gasteiger partial charge >= 0.3 is 0 Å². The fourth-order valence-electron chi connectivity index (χ4n) is 8.53. The first kappa shape index (κ1) is 28.9. The summed E-state index contributed by atoms with van der Waals surface area (Å²) in [5, 5.41) is 10.0. The van der Waals surface area contributed by atoms with E-state index in [1.54, 1.807) is 0 Å². The van der Waals surface area contributed by atoms with Gasteiger partial charge in [-0.3, -0.25) is 0 Å². The highest BCUT2D eigenvalue weighted by molar-refractivity contribution is 6.29. The van der Waals surface area contributed by atoms with Crippen LogP contribution in [0.5, 0.6) is 0 Å². The molecule has 0 fully saturated rings. The van der Waals surface area contributed by atoms with Gasteiger partial charge in [0.1, 0.15) is 0 Å². The highest BCUT2D eigenvalue weighted by Crippen LogP contribution is 2.43. The number of aromatic nitrogens is 2. The van der Waals surface area contributed by atoms with Crippen LogP contribution in [-0.2, 0) is 0 Å². The molecule has 2 heteroatoms. The van der Waals surface area contributed by atoms with Crippen LogP contribution in [0, 0.1) is 0 Å². The summed E-state index contributed by atoms with van der Waals surface area (Å²) in [5.74, 6) is 0. The minimum absolute atomic E-state index is 1.16. The third-order valence-corrected chi connectivity index (χ3v) is 10.9. The Hall–Kier alpha value is -6.90. The summed E-state index contributed by atoms with van der Waals surface area (Å²) in [4.78, 5) is 0. The van der Waals surface area contributed by atoms with Crippen LogP contribution in [0.1, 0.15) is 0 Å². The van der Waals surface area contributed by atoms with Gasteiger partial charge in [-0.2, -0.15) is 0 Å². The first-order valence-corrected chi connectivity index (χ1v) is 17.9. The van der Waals surface area contributed by atoms with E-state index in [0.29, 0.717) is 0 Å². The van der Waals surface area contributed by atoms with Gasteiger partial charge in [0.15, 0.2) is 0 Å².